The molecular formula is C15H22O2. The van der Waals surface area contributed by atoms with Crippen LogP contribution >= 0.6 is 0 Å². The topological polar surface area (TPSA) is 29.5 Å². The molecule has 0 aliphatic heterocycles. The first kappa shape index (κ1) is 12.6. The van der Waals surface area contributed by atoms with E-state index in [-0.39, 0.29) is 0 Å². The molecule has 1 aliphatic carbocycles. The molecule has 17 heavy (non-hydrogen) atoms. The molecule has 0 atom stereocenters. The van der Waals surface area contributed by atoms with E-state index in [4.69, 9.17) is 4.74 Å². The van der Waals surface area contributed by atoms with Crippen molar-refractivity contribution in [2.45, 2.75) is 51.2 Å². The van der Waals surface area contributed by atoms with E-state index in [0.717, 1.165) is 31.2 Å². The molecule has 2 nitrogen and oxygen atoms in total. The molecule has 94 valence electrons. The van der Waals surface area contributed by atoms with Gasteiger partial charge in [-0.05, 0) is 56.2 Å². The molecule has 1 aliphatic rings. The fraction of sp³-hybridized carbons (Fsp3) is 0.600. The summed E-state index contributed by atoms with van der Waals surface area (Å²) in [5.74, 6) is 0. The van der Waals surface area contributed by atoms with Crippen molar-refractivity contribution in [3.63, 3.8) is 0 Å². The number of hydrogen-bond donors (Lipinski definition) is 1. The van der Waals surface area contributed by atoms with Crippen LogP contribution in [0.3, 0.4) is 0 Å². The Kier molecular flexibility index (Phi) is 3.55. The predicted octanol–water partition coefficient (Wildman–Crippen LogP) is 3.08. The summed E-state index contributed by atoms with van der Waals surface area (Å²) in [6.07, 6.45) is 3.81. The quantitative estimate of drug-likeness (QED) is 0.852. The number of ether oxygens (including phenoxy) is 1. The van der Waals surface area contributed by atoms with Gasteiger partial charge in [-0.15, -0.1) is 0 Å². The normalized spacial score (nSPS) is 29.3. The predicted molar refractivity (Wildman–Crippen MR) is 69.1 cm³/mol. The van der Waals surface area contributed by atoms with Gasteiger partial charge in [0.15, 0.2) is 0 Å². The molecule has 0 spiro atoms. The maximum Gasteiger partial charge on any atom is 0.0901 e. The van der Waals surface area contributed by atoms with Gasteiger partial charge in [-0.1, -0.05) is 18.2 Å². The van der Waals surface area contributed by atoms with E-state index in [2.05, 4.69) is 26.0 Å². The zero-order valence-electron chi connectivity index (χ0n) is 11.0. The Morgan fingerprint density at radius 1 is 1.24 bits per heavy atom. The van der Waals surface area contributed by atoms with Crippen LogP contribution in [0.25, 0.3) is 0 Å². The van der Waals surface area contributed by atoms with Gasteiger partial charge in [0.05, 0.1) is 11.7 Å². The lowest BCUT2D eigenvalue weighted by atomic mass is 9.76. The average Bonchev–Trinajstić information content (AvgIpc) is 2.33. The van der Waals surface area contributed by atoms with Crippen LogP contribution in [0.15, 0.2) is 18.2 Å². The van der Waals surface area contributed by atoms with Crippen molar-refractivity contribution in [2.75, 3.05) is 7.11 Å². The highest BCUT2D eigenvalue weighted by Crippen LogP contribution is 2.39. The fourth-order valence-electron chi connectivity index (χ4n) is 2.83. The Hall–Kier alpha value is -0.860. The largest absolute Gasteiger partial charge is 0.385 e. The minimum absolute atomic E-state index is 0.320. The Bertz CT molecular complexity index is 390. The molecule has 0 saturated heterocycles. The van der Waals surface area contributed by atoms with E-state index in [1.165, 1.54) is 11.1 Å². The van der Waals surface area contributed by atoms with Crippen molar-refractivity contribution in [1.29, 1.82) is 0 Å². The van der Waals surface area contributed by atoms with Gasteiger partial charge >= 0.3 is 0 Å². The Balaban J connectivity index is 2.24. The van der Waals surface area contributed by atoms with Gasteiger partial charge in [0.1, 0.15) is 0 Å². The van der Waals surface area contributed by atoms with Crippen molar-refractivity contribution in [1.82, 2.24) is 0 Å². The van der Waals surface area contributed by atoms with Gasteiger partial charge in [-0.3, -0.25) is 0 Å². The van der Waals surface area contributed by atoms with Gasteiger partial charge < -0.3 is 9.84 Å². The van der Waals surface area contributed by atoms with Crippen LogP contribution in [0.1, 0.15) is 42.4 Å². The Morgan fingerprint density at radius 3 is 2.47 bits per heavy atom. The lowest BCUT2D eigenvalue weighted by Gasteiger charge is -2.37. The third-order valence-corrected chi connectivity index (χ3v) is 4.20. The molecule has 1 N–H and O–H groups in total. The molecule has 1 aromatic carbocycles. The molecule has 0 unspecified atom stereocenters. The summed E-state index contributed by atoms with van der Waals surface area (Å²) >= 11 is 0. The fourth-order valence-corrected chi connectivity index (χ4v) is 2.83. The maximum atomic E-state index is 10.8. The second-order valence-corrected chi connectivity index (χ2v) is 5.21. The minimum Gasteiger partial charge on any atom is -0.385 e. The highest BCUT2D eigenvalue weighted by Gasteiger charge is 2.35. The summed E-state index contributed by atoms with van der Waals surface area (Å²) in [4.78, 5) is 0. The van der Waals surface area contributed by atoms with Gasteiger partial charge in [-0.25, -0.2) is 0 Å². The monoisotopic (exact) mass is 234 g/mol. The van der Waals surface area contributed by atoms with Crippen LogP contribution in [0, 0.1) is 13.8 Å². The molecule has 0 radical (unpaired) electrons. The van der Waals surface area contributed by atoms with Gasteiger partial charge in [-0.2, -0.15) is 0 Å². The molecule has 0 amide bonds. The molecular weight excluding hydrogens is 212 g/mol. The molecule has 0 heterocycles. The summed E-state index contributed by atoms with van der Waals surface area (Å²) in [7, 11) is 1.76. The van der Waals surface area contributed by atoms with Crippen molar-refractivity contribution in [2.24, 2.45) is 0 Å². The van der Waals surface area contributed by atoms with E-state index in [1.807, 2.05) is 6.07 Å². The summed E-state index contributed by atoms with van der Waals surface area (Å²) < 4.78 is 5.36. The summed E-state index contributed by atoms with van der Waals surface area (Å²) in [6.45, 7) is 4.20. The molecule has 0 bridgehead atoms. The maximum absolute atomic E-state index is 10.8. The molecule has 1 fully saturated rings. The van der Waals surface area contributed by atoms with Crippen molar-refractivity contribution >= 4 is 0 Å². The number of aryl methyl sites for hydroxylation is 1. The van der Waals surface area contributed by atoms with Gasteiger partial charge in [0, 0.05) is 7.11 Å². The molecule has 1 aromatic rings. The van der Waals surface area contributed by atoms with E-state index in [1.54, 1.807) is 7.11 Å². The summed E-state index contributed by atoms with van der Waals surface area (Å²) in [5, 5.41) is 10.8. The summed E-state index contributed by atoms with van der Waals surface area (Å²) in [5.41, 5.74) is 2.94. The first-order valence-corrected chi connectivity index (χ1v) is 6.39. The SMILES string of the molecule is COC1CCC(O)(c2cccc(C)c2C)CC1. The average molecular weight is 234 g/mol. The Morgan fingerprint density at radius 2 is 1.88 bits per heavy atom. The first-order chi connectivity index (χ1) is 8.07. The van der Waals surface area contributed by atoms with E-state index < -0.39 is 5.60 Å². The summed E-state index contributed by atoms with van der Waals surface area (Å²) in [6, 6.07) is 6.20. The zero-order valence-corrected chi connectivity index (χ0v) is 11.0. The minimum atomic E-state index is -0.648. The smallest absolute Gasteiger partial charge is 0.0901 e. The van der Waals surface area contributed by atoms with Gasteiger partial charge in [0.25, 0.3) is 0 Å². The molecule has 2 rings (SSSR count). The molecule has 1 saturated carbocycles. The van der Waals surface area contributed by atoms with E-state index >= 15 is 0 Å². The van der Waals surface area contributed by atoms with Crippen LogP contribution in [-0.4, -0.2) is 18.3 Å². The van der Waals surface area contributed by atoms with Crippen molar-refractivity contribution in [3.05, 3.63) is 34.9 Å². The number of rotatable bonds is 2. The number of methoxy groups -OCH3 is 1. The van der Waals surface area contributed by atoms with Crippen LogP contribution in [0.5, 0.6) is 0 Å². The van der Waals surface area contributed by atoms with Crippen LogP contribution in [-0.2, 0) is 10.3 Å². The number of aliphatic hydroxyl groups is 1. The lowest BCUT2D eigenvalue weighted by molar-refractivity contribution is -0.0478. The molecule has 0 aromatic heterocycles. The van der Waals surface area contributed by atoms with E-state index in [0.29, 0.717) is 6.10 Å². The molecule has 2 heteroatoms. The van der Waals surface area contributed by atoms with E-state index in [9.17, 15) is 5.11 Å². The first-order valence-electron chi connectivity index (χ1n) is 6.39. The van der Waals surface area contributed by atoms with Crippen LogP contribution in [0.4, 0.5) is 0 Å². The van der Waals surface area contributed by atoms with Crippen molar-refractivity contribution in [3.8, 4) is 0 Å². The highest BCUT2D eigenvalue weighted by atomic mass is 16.5. The Labute approximate surface area is 104 Å². The van der Waals surface area contributed by atoms with Crippen molar-refractivity contribution < 1.29 is 9.84 Å². The third kappa shape index (κ3) is 2.38. The van der Waals surface area contributed by atoms with Crippen LogP contribution in [0.2, 0.25) is 0 Å². The highest BCUT2D eigenvalue weighted by molar-refractivity contribution is 5.37. The standard InChI is InChI=1S/C15H22O2/c1-11-5-4-6-14(12(11)2)15(16)9-7-13(17-3)8-10-15/h4-6,13,16H,7-10H2,1-3H3. The van der Waals surface area contributed by atoms with Crippen LogP contribution < -0.4 is 0 Å². The zero-order chi connectivity index (χ0) is 12.5. The third-order valence-electron chi connectivity index (χ3n) is 4.20. The number of benzene rings is 1. The number of hydrogen-bond acceptors (Lipinski definition) is 2. The second kappa shape index (κ2) is 4.79. The van der Waals surface area contributed by atoms with Gasteiger partial charge in [0.2, 0.25) is 0 Å². The second-order valence-electron chi connectivity index (χ2n) is 5.21. The lowest BCUT2D eigenvalue weighted by Crippen LogP contribution is -2.34.